The monoisotopic (exact) mass is 532 g/mol. The number of likely N-dealkylation sites (tertiary alicyclic amines) is 1. The van der Waals surface area contributed by atoms with Crippen molar-refractivity contribution >= 4 is 37.0 Å². The number of amides is 1. The Balaban J connectivity index is 1.71. The molecule has 1 aliphatic rings. The fraction of sp³-hybridized carbons (Fsp3) is 0.462. The Hall–Kier alpha value is -2.70. The third-order valence-electron chi connectivity index (χ3n) is 5.78. The van der Waals surface area contributed by atoms with Crippen LogP contribution in [0.3, 0.4) is 0 Å². The summed E-state index contributed by atoms with van der Waals surface area (Å²) in [4.78, 5) is 38.9. The summed E-state index contributed by atoms with van der Waals surface area (Å²) in [5.74, 6) is -0.608. The molecule has 2 aromatic carbocycles. The van der Waals surface area contributed by atoms with Gasteiger partial charge in [0.2, 0.25) is 0 Å². The summed E-state index contributed by atoms with van der Waals surface area (Å²) in [7, 11) is 0. The van der Waals surface area contributed by atoms with Crippen LogP contribution in [-0.2, 0) is 20.9 Å². The maximum atomic E-state index is 13.5. The zero-order valence-corrected chi connectivity index (χ0v) is 21.7. The molecule has 1 amide bonds. The predicted octanol–water partition coefficient (Wildman–Crippen LogP) is 4.13. The van der Waals surface area contributed by atoms with E-state index in [2.05, 4.69) is 0 Å². The number of carbonyl (C=O) groups excluding carboxylic acids is 2. The van der Waals surface area contributed by atoms with Gasteiger partial charge in [0, 0.05) is 0 Å². The van der Waals surface area contributed by atoms with Crippen molar-refractivity contribution in [2.45, 2.75) is 57.5 Å². The van der Waals surface area contributed by atoms with Gasteiger partial charge in [0.05, 0.1) is 0 Å². The Bertz CT molecular complexity index is 1010. The second-order valence-electron chi connectivity index (χ2n) is 9.55. The number of piperidine rings is 1. The summed E-state index contributed by atoms with van der Waals surface area (Å²) < 4.78 is 6.26. The normalized spacial score (nSPS) is 18.6. The number of esters is 1. The Morgan fingerprint density at radius 2 is 1.82 bits per heavy atom. The number of nitrogens with zero attached hydrogens (tertiary/aromatic N) is 2. The van der Waals surface area contributed by atoms with Gasteiger partial charge in [-0.1, -0.05) is 0 Å². The van der Waals surface area contributed by atoms with E-state index in [1.807, 2.05) is 62.1 Å². The van der Waals surface area contributed by atoms with Crippen molar-refractivity contribution in [1.82, 2.24) is 4.90 Å². The van der Waals surface area contributed by atoms with Gasteiger partial charge in [-0.25, -0.2) is 0 Å². The molecule has 34 heavy (non-hydrogen) atoms. The van der Waals surface area contributed by atoms with Gasteiger partial charge in [-0.2, -0.15) is 0 Å². The third-order valence-corrected chi connectivity index (χ3v) is 8.08. The van der Waals surface area contributed by atoms with Crippen LogP contribution in [0, 0.1) is 22.0 Å². The van der Waals surface area contributed by atoms with Crippen LogP contribution in [0.5, 0.6) is 0 Å². The van der Waals surface area contributed by atoms with Crippen molar-refractivity contribution in [3.05, 3.63) is 70.3 Å². The standard InChI is InChI=1S/C26H32N2O5Se/c1-26(2,3)33-24(29)17-20-13-15-27(18-19-9-5-4-6-10-19)25(30)21(20)14-16-34-23-12-8-7-11-22(23)28(31)32/h4-12,20-21H,13-18H2,1-3H3/t20-,21-/m1/s1. The van der Waals surface area contributed by atoms with Crippen molar-refractivity contribution in [2.24, 2.45) is 11.8 Å². The summed E-state index contributed by atoms with van der Waals surface area (Å²) in [5, 5.41) is 12.0. The van der Waals surface area contributed by atoms with Crippen molar-refractivity contribution < 1.29 is 19.2 Å². The molecule has 1 aliphatic heterocycles. The number of hydrogen-bond acceptors (Lipinski definition) is 5. The molecule has 0 aromatic heterocycles. The molecule has 2 aromatic rings. The first-order chi connectivity index (χ1) is 16.1. The van der Waals surface area contributed by atoms with E-state index in [0.717, 1.165) is 16.4 Å². The summed E-state index contributed by atoms with van der Waals surface area (Å²) in [6, 6.07) is 16.7. The van der Waals surface area contributed by atoms with Crippen LogP contribution in [0.1, 0.15) is 45.6 Å². The summed E-state index contributed by atoms with van der Waals surface area (Å²) in [6.07, 6.45) is 1.55. The molecular weight excluding hydrogens is 499 g/mol. The topological polar surface area (TPSA) is 89.8 Å². The fourth-order valence-electron chi connectivity index (χ4n) is 4.26. The maximum absolute atomic E-state index is 13.5. The first-order valence-electron chi connectivity index (χ1n) is 11.5. The summed E-state index contributed by atoms with van der Waals surface area (Å²) in [5.41, 5.74) is 0.637. The number of carbonyl (C=O) groups is 2. The average molecular weight is 532 g/mol. The van der Waals surface area contributed by atoms with Crippen LogP contribution >= 0.6 is 0 Å². The second-order valence-corrected chi connectivity index (χ2v) is 11.9. The van der Waals surface area contributed by atoms with E-state index in [1.165, 1.54) is 6.07 Å². The van der Waals surface area contributed by atoms with Crippen LogP contribution < -0.4 is 4.46 Å². The molecule has 0 radical (unpaired) electrons. The molecule has 2 atom stereocenters. The number of nitro benzene ring substituents is 1. The molecule has 0 bridgehead atoms. The van der Waals surface area contributed by atoms with E-state index in [9.17, 15) is 19.7 Å². The molecule has 8 heteroatoms. The van der Waals surface area contributed by atoms with E-state index in [-0.39, 0.29) is 55.7 Å². The molecule has 1 saturated heterocycles. The molecule has 0 saturated carbocycles. The first-order valence-corrected chi connectivity index (χ1v) is 13.6. The van der Waals surface area contributed by atoms with Gasteiger partial charge in [0.25, 0.3) is 0 Å². The van der Waals surface area contributed by atoms with Gasteiger partial charge >= 0.3 is 207 Å². The molecule has 0 spiro atoms. The van der Waals surface area contributed by atoms with E-state index in [1.54, 1.807) is 12.1 Å². The van der Waals surface area contributed by atoms with Gasteiger partial charge in [-0.15, -0.1) is 0 Å². The van der Waals surface area contributed by atoms with Crippen molar-refractivity contribution in [1.29, 1.82) is 0 Å². The Morgan fingerprint density at radius 3 is 2.50 bits per heavy atom. The average Bonchev–Trinajstić information content (AvgIpc) is 2.77. The van der Waals surface area contributed by atoms with Gasteiger partial charge in [0.1, 0.15) is 0 Å². The Morgan fingerprint density at radius 1 is 1.15 bits per heavy atom. The van der Waals surface area contributed by atoms with Gasteiger partial charge < -0.3 is 0 Å². The number of para-hydroxylation sites is 1. The molecule has 1 heterocycles. The van der Waals surface area contributed by atoms with Gasteiger partial charge in [-0.05, 0) is 0 Å². The van der Waals surface area contributed by atoms with Crippen LogP contribution in [-0.4, -0.2) is 48.8 Å². The zero-order chi connectivity index (χ0) is 24.7. The van der Waals surface area contributed by atoms with Crippen LogP contribution in [0.4, 0.5) is 5.69 Å². The number of hydrogen-bond donors (Lipinski definition) is 0. The number of rotatable bonds is 9. The zero-order valence-electron chi connectivity index (χ0n) is 19.9. The third kappa shape index (κ3) is 7.40. The summed E-state index contributed by atoms with van der Waals surface area (Å²) >= 11 is -0.137. The minimum atomic E-state index is -0.569. The van der Waals surface area contributed by atoms with Crippen molar-refractivity contribution in [2.75, 3.05) is 6.54 Å². The van der Waals surface area contributed by atoms with Crippen LogP contribution in [0.2, 0.25) is 5.32 Å². The summed E-state index contributed by atoms with van der Waals surface area (Å²) in [6.45, 7) is 6.67. The van der Waals surface area contributed by atoms with E-state index >= 15 is 0 Å². The van der Waals surface area contributed by atoms with Crippen molar-refractivity contribution in [3.63, 3.8) is 0 Å². The quantitative estimate of drug-likeness (QED) is 0.210. The molecule has 182 valence electrons. The molecule has 1 fully saturated rings. The van der Waals surface area contributed by atoms with E-state index in [0.29, 0.717) is 24.8 Å². The van der Waals surface area contributed by atoms with E-state index < -0.39 is 5.60 Å². The fourth-order valence-corrected chi connectivity index (χ4v) is 6.47. The minimum absolute atomic E-state index is 0.0574. The van der Waals surface area contributed by atoms with Crippen LogP contribution in [0.25, 0.3) is 0 Å². The predicted molar refractivity (Wildman–Crippen MR) is 132 cm³/mol. The van der Waals surface area contributed by atoms with Gasteiger partial charge in [-0.3, -0.25) is 0 Å². The van der Waals surface area contributed by atoms with Gasteiger partial charge in [0.15, 0.2) is 0 Å². The number of ether oxygens (including phenoxy) is 1. The second kappa shape index (κ2) is 11.6. The van der Waals surface area contributed by atoms with Crippen LogP contribution in [0.15, 0.2) is 54.6 Å². The molecule has 0 aliphatic carbocycles. The molecule has 3 rings (SSSR count). The van der Waals surface area contributed by atoms with Crippen molar-refractivity contribution in [3.8, 4) is 0 Å². The molecular formula is C26H32N2O5Se. The Labute approximate surface area is 207 Å². The molecule has 0 N–H and O–H groups in total. The first kappa shape index (κ1) is 25.9. The van der Waals surface area contributed by atoms with E-state index in [4.69, 9.17) is 4.74 Å². The molecule has 7 nitrogen and oxygen atoms in total. The molecule has 0 unspecified atom stereocenters. The number of benzene rings is 2. The SMILES string of the molecule is CC(C)(C)OC(=O)C[C@H]1CCN(Cc2ccccc2)C(=O)[C@@H]1CC[Se]c1ccccc1[N+](=O)[O-]. The number of nitro groups is 1. The Kier molecular flexibility index (Phi) is 8.86.